The summed E-state index contributed by atoms with van der Waals surface area (Å²) in [5.41, 5.74) is 0.870. The first-order valence-corrected chi connectivity index (χ1v) is 10.9. The molecule has 6 nitrogen and oxygen atoms in total. The molecule has 0 aliphatic carbocycles. The lowest BCUT2D eigenvalue weighted by atomic mass is 9.98. The van der Waals surface area contributed by atoms with Crippen molar-refractivity contribution in [3.63, 3.8) is 0 Å². The van der Waals surface area contributed by atoms with Gasteiger partial charge in [-0.15, -0.1) is 10.2 Å². The smallest absolute Gasteiger partial charge is 0.247 e. The predicted octanol–water partition coefficient (Wildman–Crippen LogP) is 5.35. The number of unbranched alkanes of at least 4 members (excludes halogenated alkanes) is 1. The molecule has 29 heavy (non-hydrogen) atoms. The lowest BCUT2D eigenvalue weighted by Crippen LogP contribution is -2.33. The molecule has 2 aromatic rings. The third kappa shape index (κ3) is 7.18. The second-order valence-corrected chi connectivity index (χ2v) is 7.55. The highest BCUT2D eigenvalue weighted by molar-refractivity contribution is 5.78. The third-order valence-corrected chi connectivity index (χ3v) is 5.12. The molecule has 0 radical (unpaired) electrons. The number of amides is 1. The Morgan fingerprint density at radius 1 is 1.10 bits per heavy atom. The highest BCUT2D eigenvalue weighted by atomic mass is 16.5. The highest BCUT2D eigenvalue weighted by Gasteiger charge is 2.15. The number of nitrogens with zero attached hydrogens (tertiary/aromatic N) is 2. The Bertz CT molecular complexity index is 727. The average molecular weight is 402 g/mol. The van der Waals surface area contributed by atoms with E-state index >= 15 is 0 Å². The summed E-state index contributed by atoms with van der Waals surface area (Å²) in [4.78, 5) is 12.2. The number of aromatic nitrogens is 2. The Hall–Kier alpha value is -2.37. The van der Waals surface area contributed by atoms with Crippen LogP contribution in [0.1, 0.15) is 78.0 Å². The fourth-order valence-electron chi connectivity index (χ4n) is 3.26. The Morgan fingerprint density at radius 3 is 2.52 bits per heavy atom. The molecule has 2 unspecified atom stereocenters. The van der Waals surface area contributed by atoms with Crippen molar-refractivity contribution in [2.75, 3.05) is 13.2 Å². The zero-order valence-corrected chi connectivity index (χ0v) is 18.2. The number of hydrogen-bond acceptors (Lipinski definition) is 5. The van der Waals surface area contributed by atoms with Crippen molar-refractivity contribution in [3.8, 4) is 17.2 Å². The molecule has 0 aliphatic rings. The van der Waals surface area contributed by atoms with E-state index in [2.05, 4.69) is 43.2 Å². The fraction of sp³-hybridized carbons (Fsp3) is 0.609. The van der Waals surface area contributed by atoms with Crippen molar-refractivity contribution in [2.24, 2.45) is 5.92 Å². The van der Waals surface area contributed by atoms with E-state index < -0.39 is 0 Å². The minimum atomic E-state index is 0.105. The zero-order chi connectivity index (χ0) is 21.1. The van der Waals surface area contributed by atoms with E-state index in [9.17, 15) is 4.79 Å². The highest BCUT2D eigenvalue weighted by Crippen LogP contribution is 2.25. The molecule has 0 fully saturated rings. The second kappa shape index (κ2) is 12.2. The van der Waals surface area contributed by atoms with Crippen LogP contribution < -0.4 is 10.1 Å². The van der Waals surface area contributed by atoms with Crippen molar-refractivity contribution < 1.29 is 13.9 Å². The van der Waals surface area contributed by atoms with E-state index in [4.69, 9.17) is 9.15 Å². The van der Waals surface area contributed by atoms with Gasteiger partial charge in [0.15, 0.2) is 0 Å². The first kappa shape index (κ1) is 22.9. The lowest BCUT2D eigenvalue weighted by molar-refractivity contribution is -0.125. The summed E-state index contributed by atoms with van der Waals surface area (Å²) in [5.74, 6) is 2.47. The van der Waals surface area contributed by atoms with Gasteiger partial charge >= 0.3 is 0 Å². The maximum Gasteiger partial charge on any atom is 0.247 e. The van der Waals surface area contributed by atoms with Crippen LogP contribution in [0.25, 0.3) is 11.5 Å². The van der Waals surface area contributed by atoms with E-state index in [0.29, 0.717) is 24.9 Å². The van der Waals surface area contributed by atoms with Gasteiger partial charge < -0.3 is 14.5 Å². The summed E-state index contributed by atoms with van der Waals surface area (Å²) in [6, 6.07) is 7.58. The predicted molar refractivity (Wildman–Crippen MR) is 115 cm³/mol. The summed E-state index contributed by atoms with van der Waals surface area (Å²) in [5, 5.41) is 11.3. The van der Waals surface area contributed by atoms with Crippen LogP contribution in [-0.2, 0) is 4.79 Å². The zero-order valence-electron chi connectivity index (χ0n) is 18.2. The summed E-state index contributed by atoms with van der Waals surface area (Å²) in [6.45, 7) is 9.40. The summed E-state index contributed by atoms with van der Waals surface area (Å²) in [7, 11) is 0. The van der Waals surface area contributed by atoms with Crippen LogP contribution in [0, 0.1) is 5.92 Å². The Labute approximate surface area is 174 Å². The molecular formula is C23H35N3O3. The molecule has 0 aliphatic heterocycles. The van der Waals surface area contributed by atoms with Crippen LogP contribution in [0.3, 0.4) is 0 Å². The summed E-state index contributed by atoms with van der Waals surface area (Å²) < 4.78 is 11.5. The van der Waals surface area contributed by atoms with Crippen molar-refractivity contribution in [3.05, 3.63) is 30.2 Å². The number of hydrogen-bond donors (Lipinski definition) is 1. The monoisotopic (exact) mass is 401 g/mol. The molecule has 2 atom stereocenters. The molecule has 0 saturated heterocycles. The van der Waals surface area contributed by atoms with E-state index in [1.165, 1.54) is 0 Å². The Kier molecular flexibility index (Phi) is 9.68. The third-order valence-electron chi connectivity index (χ3n) is 5.12. The topological polar surface area (TPSA) is 77.2 Å². The van der Waals surface area contributed by atoms with Crippen molar-refractivity contribution in [2.45, 2.75) is 72.1 Å². The first-order chi connectivity index (χ1) is 14.1. The average Bonchev–Trinajstić information content (AvgIpc) is 3.23. The van der Waals surface area contributed by atoms with Crippen molar-refractivity contribution in [1.29, 1.82) is 0 Å². The Balaban J connectivity index is 1.79. The maximum atomic E-state index is 12.2. The van der Waals surface area contributed by atoms with Crippen molar-refractivity contribution in [1.82, 2.24) is 15.5 Å². The van der Waals surface area contributed by atoms with Gasteiger partial charge in [0.2, 0.25) is 17.7 Å². The maximum absolute atomic E-state index is 12.2. The molecule has 1 heterocycles. The van der Waals surface area contributed by atoms with Gasteiger partial charge in [0.05, 0.1) is 6.54 Å². The van der Waals surface area contributed by atoms with E-state index in [-0.39, 0.29) is 17.7 Å². The lowest BCUT2D eigenvalue weighted by Gasteiger charge is -2.14. The minimum absolute atomic E-state index is 0.105. The molecule has 0 bridgehead atoms. The standard InChI is InChI=1S/C23H35N3O3/c1-5-8-10-18(7-3)21(27)24-15-16-28-20-13-11-19(12-14-20)23-26-25-22(29-23)17(4)9-6-2/h11-14,17-18H,5-10,15-16H2,1-4H3,(H,24,27). The largest absolute Gasteiger partial charge is 0.492 e. The molecule has 1 aromatic carbocycles. The van der Waals surface area contributed by atoms with E-state index in [1.54, 1.807) is 0 Å². The Morgan fingerprint density at radius 2 is 1.86 bits per heavy atom. The van der Waals surface area contributed by atoms with Gasteiger partial charge in [-0.05, 0) is 43.5 Å². The van der Waals surface area contributed by atoms with Gasteiger partial charge in [-0.25, -0.2) is 0 Å². The molecule has 1 amide bonds. The van der Waals surface area contributed by atoms with E-state index in [1.807, 2.05) is 24.3 Å². The van der Waals surface area contributed by atoms with Gasteiger partial charge in [0.1, 0.15) is 12.4 Å². The van der Waals surface area contributed by atoms with Crippen LogP contribution in [0.15, 0.2) is 28.7 Å². The first-order valence-electron chi connectivity index (χ1n) is 10.9. The molecule has 6 heteroatoms. The van der Waals surface area contributed by atoms with Gasteiger partial charge in [0.25, 0.3) is 0 Å². The second-order valence-electron chi connectivity index (χ2n) is 7.55. The molecule has 0 spiro atoms. The fourth-order valence-corrected chi connectivity index (χ4v) is 3.26. The van der Waals surface area contributed by atoms with Crippen LogP contribution >= 0.6 is 0 Å². The van der Waals surface area contributed by atoms with Gasteiger partial charge in [0, 0.05) is 17.4 Å². The molecule has 160 valence electrons. The number of carbonyl (C=O) groups excluding carboxylic acids is 1. The molecule has 1 N–H and O–H groups in total. The SMILES string of the molecule is CCCCC(CC)C(=O)NCCOc1ccc(-c2nnc(C(C)CCC)o2)cc1. The summed E-state index contributed by atoms with van der Waals surface area (Å²) >= 11 is 0. The molecular weight excluding hydrogens is 366 g/mol. The number of carbonyl (C=O) groups is 1. The van der Waals surface area contributed by atoms with Gasteiger partial charge in [-0.3, -0.25) is 4.79 Å². The quantitative estimate of drug-likeness (QED) is 0.458. The number of rotatable bonds is 13. The number of nitrogens with one attached hydrogen (secondary N) is 1. The van der Waals surface area contributed by atoms with Crippen LogP contribution in [0.4, 0.5) is 0 Å². The van der Waals surface area contributed by atoms with Crippen LogP contribution in [-0.4, -0.2) is 29.3 Å². The molecule has 0 saturated carbocycles. The van der Waals surface area contributed by atoms with Crippen LogP contribution in [0.5, 0.6) is 5.75 Å². The van der Waals surface area contributed by atoms with Gasteiger partial charge in [-0.1, -0.05) is 47.0 Å². The number of ether oxygens (including phenoxy) is 1. The normalized spacial score (nSPS) is 13.1. The van der Waals surface area contributed by atoms with Crippen LogP contribution in [0.2, 0.25) is 0 Å². The number of benzene rings is 1. The molecule has 1 aromatic heterocycles. The summed E-state index contributed by atoms with van der Waals surface area (Å²) in [6.07, 6.45) is 6.16. The van der Waals surface area contributed by atoms with E-state index in [0.717, 1.165) is 49.8 Å². The van der Waals surface area contributed by atoms with Crippen molar-refractivity contribution >= 4 is 5.91 Å². The minimum Gasteiger partial charge on any atom is -0.492 e. The molecule has 2 rings (SSSR count). The van der Waals surface area contributed by atoms with Gasteiger partial charge in [-0.2, -0.15) is 0 Å².